The van der Waals surface area contributed by atoms with E-state index in [0.717, 1.165) is 34.1 Å². The van der Waals surface area contributed by atoms with Crippen molar-refractivity contribution in [1.29, 1.82) is 0 Å². The summed E-state index contributed by atoms with van der Waals surface area (Å²) in [5, 5.41) is 44.3. The van der Waals surface area contributed by atoms with Gasteiger partial charge in [0, 0.05) is 12.4 Å². The zero-order valence-corrected chi connectivity index (χ0v) is 65.9. The number of hydrogen-bond donors (Lipinski definition) is 0. The van der Waals surface area contributed by atoms with Gasteiger partial charge in [-0.15, -0.1) is 0 Å². The molecule has 0 saturated carbocycles. The van der Waals surface area contributed by atoms with E-state index in [1.807, 2.05) is 54.6 Å². The summed E-state index contributed by atoms with van der Waals surface area (Å²) < 4.78 is 14.0. The summed E-state index contributed by atoms with van der Waals surface area (Å²) in [5.74, 6) is 4.63. The van der Waals surface area contributed by atoms with Gasteiger partial charge >= 0.3 is 34.1 Å². The van der Waals surface area contributed by atoms with Crippen LogP contribution in [0.4, 0.5) is 0 Å². The summed E-state index contributed by atoms with van der Waals surface area (Å²) >= 11 is 0. The monoisotopic (exact) mass is 1600 g/mol. The number of para-hydroxylation sites is 2. The first-order valence-corrected chi connectivity index (χ1v) is 41.4. The molecule has 0 N–H and O–H groups in total. The van der Waals surface area contributed by atoms with E-state index in [4.69, 9.17) is 9.47 Å². The molecule has 0 radical (unpaired) electrons. The van der Waals surface area contributed by atoms with Crippen molar-refractivity contribution in [2.75, 3.05) is 0 Å². The summed E-state index contributed by atoms with van der Waals surface area (Å²) in [6.45, 7) is 4.35. The maximum atomic E-state index is 7.05. The Bertz CT molecular complexity index is 5150. The van der Waals surface area contributed by atoms with Crippen molar-refractivity contribution < 1.29 is 43.6 Å². The molecule has 17 aromatic rings. The third kappa shape index (κ3) is 20.3. The number of benzene rings is 13. The maximum absolute atomic E-state index is 7.05. The molecule has 0 amide bonds. The number of tetrazole rings is 2. The van der Waals surface area contributed by atoms with Crippen LogP contribution >= 0.6 is 31.7 Å². The Hall–Kier alpha value is -11.3. The van der Waals surface area contributed by atoms with Crippen molar-refractivity contribution in [2.24, 2.45) is 0 Å². The predicted molar refractivity (Wildman–Crippen MR) is 454 cm³/mol. The minimum atomic E-state index is -1.31. The number of pyridine rings is 2. The predicted octanol–water partition coefficient (Wildman–Crippen LogP) is 15.0. The third-order valence-corrected chi connectivity index (χ3v) is 28.7. The molecule has 0 aliphatic rings. The molecule has 544 valence electrons. The molecule has 0 saturated heterocycles. The second-order valence-electron chi connectivity index (χ2n) is 25.0. The number of aromatic nitrogens is 10. The van der Waals surface area contributed by atoms with Crippen LogP contribution in [0.2, 0.25) is 0 Å². The number of rotatable bonds is 19. The van der Waals surface area contributed by atoms with Crippen LogP contribution in [0.3, 0.4) is 0 Å². The van der Waals surface area contributed by atoms with Gasteiger partial charge in [0.25, 0.3) is 0 Å². The Morgan fingerprint density at radius 3 is 0.864 bits per heavy atom. The average molecular weight is 1600 g/mol. The second kappa shape index (κ2) is 40.2. The molecule has 4 aromatic heterocycles. The fourth-order valence-corrected chi connectivity index (χ4v) is 23.5. The molecule has 0 aliphatic carbocycles. The van der Waals surface area contributed by atoms with Crippen LogP contribution in [-0.4, -0.2) is 41.0 Å². The first kappa shape index (κ1) is 78.2. The number of hydrogen-bond acceptors (Lipinski definition) is 10. The fraction of sp³-hybridized carbons (Fsp3) is 0.0217. The van der Waals surface area contributed by atoms with Gasteiger partial charge in [-0.25, -0.2) is 0 Å². The normalized spacial score (nSPS) is 10.6. The van der Waals surface area contributed by atoms with Crippen LogP contribution in [0, 0.1) is 13.8 Å². The zero-order chi connectivity index (χ0) is 73.3. The van der Waals surface area contributed by atoms with Crippen molar-refractivity contribution in [1.82, 2.24) is 51.2 Å². The third-order valence-electron chi connectivity index (χ3n) is 17.7. The summed E-state index contributed by atoms with van der Waals surface area (Å²) in [6.07, 6.45) is 3.40. The van der Waals surface area contributed by atoms with Crippen LogP contribution in [-0.2, 0) is 34.1 Å². The van der Waals surface area contributed by atoms with E-state index < -0.39 is 31.7 Å². The second-order valence-corrected chi connectivity index (χ2v) is 34.8. The summed E-state index contributed by atoms with van der Waals surface area (Å²) in [7, 11) is -5.18. The van der Waals surface area contributed by atoms with Crippen LogP contribution in [0.1, 0.15) is 11.1 Å². The van der Waals surface area contributed by atoms with E-state index in [2.05, 4.69) is 393 Å². The molecule has 0 spiro atoms. The van der Waals surface area contributed by atoms with Gasteiger partial charge in [-0.1, -0.05) is 218 Å². The van der Waals surface area contributed by atoms with Gasteiger partial charge in [0.1, 0.15) is 95.3 Å². The Balaban J connectivity index is 0.000000150. The Kier molecular flexibility index (Phi) is 28.6. The number of nitrogens with zero attached hydrogens (tertiary/aromatic N) is 10. The first-order valence-electron chi connectivity index (χ1n) is 35.4. The molecule has 17 rings (SSSR count). The Morgan fingerprint density at radius 1 is 0.245 bits per heavy atom. The van der Waals surface area contributed by atoms with Crippen LogP contribution < -0.4 is 83.3 Å². The number of aryl methyl sites for hydroxylation is 2. The zero-order valence-electron chi connectivity index (χ0n) is 60.0. The van der Waals surface area contributed by atoms with Gasteiger partial charge in [0.15, 0.2) is 23.0 Å². The molecule has 110 heavy (non-hydrogen) atoms. The smallest absolute Gasteiger partial charge is 0.449 e. The first-order chi connectivity index (χ1) is 53.5. The molecular weight excluding hydrogens is 1530 g/mol. The molecule has 18 heteroatoms. The van der Waals surface area contributed by atoms with Crippen molar-refractivity contribution >= 4 is 95.3 Å². The minimum Gasteiger partial charge on any atom is -0.449 e. The van der Waals surface area contributed by atoms with Crippen molar-refractivity contribution in [2.45, 2.75) is 13.8 Å². The van der Waals surface area contributed by atoms with Gasteiger partial charge in [-0.2, -0.15) is 10.4 Å². The van der Waals surface area contributed by atoms with Crippen LogP contribution in [0.15, 0.2) is 401 Å². The SMILES string of the molecule is Cc1ccc(Oc2ccc(C)cc2[PH+](c2ccccc2)c2ccccc2)c([PH+](c2ccccc2)c2ccccc2)c1.[Cu+].[Cu+].c1ccc(-c2ccnc(-c3nnn[n-]3)c2)cc1.c1ccc(-c2nnn[n-]2)nc1.c1ccc([PH+](c2ccccc2)c2ccccc2Oc2ccccc2[PH+](c2ccccc2)c2ccccc2)cc1. The van der Waals surface area contributed by atoms with Crippen molar-refractivity contribution in [3.05, 3.63) is 412 Å². The summed E-state index contributed by atoms with van der Waals surface area (Å²) in [6, 6.07) is 137. The topological polar surface area (TPSA) is 150 Å². The molecule has 0 fully saturated rings. The van der Waals surface area contributed by atoms with Gasteiger partial charge in [-0.3, -0.25) is 30.6 Å². The van der Waals surface area contributed by atoms with Gasteiger partial charge in [0.05, 0.1) is 23.0 Å². The van der Waals surface area contributed by atoms with Crippen molar-refractivity contribution in [3.63, 3.8) is 0 Å². The van der Waals surface area contributed by atoms with Crippen LogP contribution in [0.25, 0.3) is 34.2 Å². The van der Waals surface area contributed by atoms with Crippen LogP contribution in [0.5, 0.6) is 23.0 Å². The average Bonchev–Trinajstić information content (AvgIpc) is 0.871. The summed E-state index contributed by atoms with van der Waals surface area (Å²) in [4.78, 5) is 8.22. The Morgan fingerprint density at radius 2 is 0.536 bits per heavy atom. The van der Waals surface area contributed by atoms with E-state index in [9.17, 15) is 0 Å². The molecule has 0 atom stereocenters. The van der Waals surface area contributed by atoms with Gasteiger partial charge in [0.2, 0.25) is 0 Å². The maximum Gasteiger partial charge on any atom is 1.00 e. The molecule has 0 unspecified atom stereocenters. The molecule has 12 nitrogen and oxygen atoms in total. The molecule has 0 aliphatic heterocycles. The van der Waals surface area contributed by atoms with Gasteiger partial charge in [-0.05, 0) is 206 Å². The fourth-order valence-electron chi connectivity index (χ4n) is 12.7. The quantitative estimate of drug-likeness (QED) is 0.0560. The van der Waals surface area contributed by atoms with E-state index in [0.29, 0.717) is 23.0 Å². The molecule has 4 heterocycles. The van der Waals surface area contributed by atoms with Gasteiger partial charge < -0.3 is 19.7 Å². The minimum absolute atomic E-state index is 0. The van der Waals surface area contributed by atoms with E-state index in [1.54, 1.807) is 18.5 Å². The molecule has 13 aromatic carbocycles. The van der Waals surface area contributed by atoms with Crippen molar-refractivity contribution in [3.8, 4) is 57.2 Å². The van der Waals surface area contributed by atoms with E-state index >= 15 is 0 Å². The standard InChI is InChI=1S/C38H32OP2.C36H28OP2.C12H8N5.C6H4N5.2Cu/c1-29-23-25-35(37(27-29)40(31-15-7-3-8-16-31)32-17-9-4-10-18-32)39-36-26-24-30(2)28-38(36)41(33-19-11-5-12-20-33)34-21-13-6-14-22-34;1-5-17-29(18-6-1)38(30-19-7-2-8-20-30)35-27-15-13-25-33(35)37-34-26-14-16-28-36(34)39(31-21-9-3-10-22-31)32-23-11-4-12-24-32;1-2-4-9(5-3-1)10-6-7-13-11(8-10)12-14-16-17-15-12;1-2-4-7-5(3-1)6-8-10-11-9-6;;/h3-28H,1-2H3;1-28H;1-8H;1-4H;;/q;;2*-1;2*+1/p+4. The molecule has 0 bridgehead atoms. The molecular formula is C92H76Cu2N10O2P4+4. The Labute approximate surface area is 667 Å². The largest absolute Gasteiger partial charge is 1.00 e. The number of ether oxygens (including phenoxy) is 2. The van der Waals surface area contributed by atoms with E-state index in [-0.39, 0.29) is 34.1 Å². The van der Waals surface area contributed by atoms with E-state index in [1.165, 1.54) is 74.8 Å². The summed E-state index contributed by atoms with van der Waals surface area (Å²) in [5.41, 5.74) is 6.05.